The molecule has 3 nitrogen and oxygen atoms in total. The van der Waals surface area contributed by atoms with Crippen LogP contribution in [0.2, 0.25) is 0 Å². The predicted octanol–water partition coefficient (Wildman–Crippen LogP) is 2.73. The maximum absolute atomic E-state index is 12.2. The average Bonchev–Trinajstić information content (AvgIpc) is 2.26. The second-order valence-electron chi connectivity index (χ2n) is 5.40. The number of hydrogen-bond acceptors (Lipinski definition) is 2. The summed E-state index contributed by atoms with van der Waals surface area (Å²) in [5.74, 6) is 2.20. The van der Waals surface area contributed by atoms with Crippen LogP contribution in [-0.2, 0) is 0 Å². The first kappa shape index (κ1) is 12.9. The first-order valence-electron chi connectivity index (χ1n) is 6.47. The molecule has 1 amide bonds. The lowest BCUT2D eigenvalue weighted by atomic mass is 9.88. The second kappa shape index (κ2) is 5.01. The molecule has 1 saturated heterocycles. The van der Waals surface area contributed by atoms with Gasteiger partial charge in [0.2, 0.25) is 0 Å². The quantitative estimate of drug-likeness (QED) is 0.822. The number of ether oxygens (including phenoxy) is 1. The third-order valence-electron chi connectivity index (χ3n) is 3.79. The lowest BCUT2D eigenvalue weighted by Crippen LogP contribution is -2.51. The molecular formula is C15H21NO2. The molecular weight excluding hydrogens is 226 g/mol. The summed E-state index contributed by atoms with van der Waals surface area (Å²) in [6, 6.07) is 5.65. The molecule has 0 radical (unpaired) electrons. The molecule has 0 bridgehead atoms. The van der Waals surface area contributed by atoms with Gasteiger partial charge in [0.15, 0.2) is 0 Å². The summed E-state index contributed by atoms with van der Waals surface area (Å²) in [7, 11) is 1.63. The molecule has 1 aromatic carbocycles. The number of rotatable bonds is 3. The van der Waals surface area contributed by atoms with E-state index < -0.39 is 0 Å². The molecule has 0 aliphatic carbocycles. The maximum Gasteiger partial charge on any atom is 0.254 e. The summed E-state index contributed by atoms with van der Waals surface area (Å²) in [5, 5.41) is 0. The third kappa shape index (κ3) is 2.35. The van der Waals surface area contributed by atoms with Crippen LogP contribution in [0.1, 0.15) is 29.8 Å². The van der Waals surface area contributed by atoms with Crippen LogP contribution in [0.3, 0.4) is 0 Å². The molecule has 18 heavy (non-hydrogen) atoms. The number of carbonyl (C=O) groups is 1. The normalized spacial score (nSPS) is 15.7. The largest absolute Gasteiger partial charge is 0.496 e. The van der Waals surface area contributed by atoms with Crippen molar-refractivity contribution in [1.29, 1.82) is 0 Å². The lowest BCUT2D eigenvalue weighted by molar-refractivity contribution is 0.0407. The number of amides is 1. The summed E-state index contributed by atoms with van der Waals surface area (Å²) in [4.78, 5) is 14.2. The Balaban J connectivity index is 2.07. The van der Waals surface area contributed by atoms with Crippen LogP contribution in [0.25, 0.3) is 0 Å². The van der Waals surface area contributed by atoms with Crippen LogP contribution in [0.5, 0.6) is 5.75 Å². The van der Waals surface area contributed by atoms with Gasteiger partial charge in [-0.15, -0.1) is 0 Å². The molecule has 1 aromatic rings. The predicted molar refractivity (Wildman–Crippen MR) is 72.0 cm³/mol. The number of benzene rings is 1. The molecule has 0 spiro atoms. The molecule has 3 heteroatoms. The highest BCUT2D eigenvalue weighted by Gasteiger charge is 2.32. The van der Waals surface area contributed by atoms with E-state index in [9.17, 15) is 4.79 Å². The number of aryl methyl sites for hydroxylation is 1. The van der Waals surface area contributed by atoms with Gasteiger partial charge in [0.05, 0.1) is 7.11 Å². The van der Waals surface area contributed by atoms with E-state index in [2.05, 4.69) is 13.8 Å². The first-order valence-corrected chi connectivity index (χ1v) is 6.47. The zero-order valence-corrected chi connectivity index (χ0v) is 11.6. The van der Waals surface area contributed by atoms with Crippen LogP contribution in [-0.4, -0.2) is 31.0 Å². The summed E-state index contributed by atoms with van der Waals surface area (Å²) >= 11 is 0. The van der Waals surface area contributed by atoms with Crippen molar-refractivity contribution >= 4 is 5.91 Å². The minimum atomic E-state index is 0.116. The van der Waals surface area contributed by atoms with Crippen LogP contribution in [0.15, 0.2) is 18.2 Å². The molecule has 1 fully saturated rings. The summed E-state index contributed by atoms with van der Waals surface area (Å²) < 4.78 is 5.26. The van der Waals surface area contributed by atoms with Crippen molar-refractivity contribution in [1.82, 2.24) is 4.90 Å². The van der Waals surface area contributed by atoms with Gasteiger partial charge in [-0.05, 0) is 36.5 Å². The van der Waals surface area contributed by atoms with Crippen LogP contribution >= 0.6 is 0 Å². The van der Waals surface area contributed by atoms with Gasteiger partial charge in [-0.1, -0.05) is 19.9 Å². The zero-order chi connectivity index (χ0) is 13.3. The van der Waals surface area contributed by atoms with Crippen molar-refractivity contribution in [3.63, 3.8) is 0 Å². The fraction of sp³-hybridized carbons (Fsp3) is 0.533. The highest BCUT2D eigenvalue weighted by molar-refractivity contribution is 5.95. The minimum Gasteiger partial charge on any atom is -0.496 e. The summed E-state index contributed by atoms with van der Waals surface area (Å²) in [6.45, 7) is 8.16. The van der Waals surface area contributed by atoms with Crippen LogP contribution in [0.4, 0.5) is 0 Å². The van der Waals surface area contributed by atoms with Crippen molar-refractivity contribution in [3.05, 3.63) is 29.3 Å². The van der Waals surface area contributed by atoms with E-state index in [-0.39, 0.29) is 5.91 Å². The van der Waals surface area contributed by atoms with E-state index in [1.807, 2.05) is 30.0 Å². The Morgan fingerprint density at radius 2 is 2.06 bits per heavy atom. The Bertz CT molecular complexity index is 448. The first-order chi connectivity index (χ1) is 8.52. The van der Waals surface area contributed by atoms with Gasteiger partial charge in [0.25, 0.3) is 5.91 Å². The fourth-order valence-corrected chi connectivity index (χ4v) is 2.24. The molecule has 0 atom stereocenters. The lowest BCUT2D eigenvalue weighted by Gasteiger charge is -2.41. The smallest absolute Gasteiger partial charge is 0.254 e. The van der Waals surface area contributed by atoms with Crippen molar-refractivity contribution in [3.8, 4) is 5.75 Å². The van der Waals surface area contributed by atoms with E-state index in [0.29, 0.717) is 11.8 Å². The van der Waals surface area contributed by atoms with Crippen molar-refractivity contribution < 1.29 is 9.53 Å². The maximum atomic E-state index is 12.2. The molecule has 98 valence electrons. The highest BCUT2D eigenvalue weighted by Crippen LogP contribution is 2.26. The van der Waals surface area contributed by atoms with Gasteiger partial charge >= 0.3 is 0 Å². The van der Waals surface area contributed by atoms with Crippen LogP contribution < -0.4 is 4.74 Å². The summed E-state index contributed by atoms with van der Waals surface area (Å²) in [5.41, 5.74) is 1.78. The molecule has 0 N–H and O–H groups in total. The third-order valence-corrected chi connectivity index (χ3v) is 3.79. The van der Waals surface area contributed by atoms with E-state index >= 15 is 0 Å². The zero-order valence-electron chi connectivity index (χ0n) is 11.6. The molecule has 0 aromatic heterocycles. The van der Waals surface area contributed by atoms with Gasteiger partial charge in [-0.3, -0.25) is 4.79 Å². The molecule has 0 saturated carbocycles. The van der Waals surface area contributed by atoms with E-state index in [1.54, 1.807) is 7.11 Å². The number of methoxy groups -OCH3 is 1. The molecule has 1 heterocycles. The van der Waals surface area contributed by atoms with Gasteiger partial charge in [-0.25, -0.2) is 0 Å². The fourth-order valence-electron chi connectivity index (χ4n) is 2.24. The molecule has 0 unspecified atom stereocenters. The van der Waals surface area contributed by atoms with Gasteiger partial charge in [-0.2, -0.15) is 0 Å². The Kier molecular flexibility index (Phi) is 3.60. The Labute approximate surface area is 109 Å². The Morgan fingerprint density at radius 1 is 1.39 bits per heavy atom. The number of carbonyl (C=O) groups excluding carboxylic acids is 1. The van der Waals surface area contributed by atoms with Crippen molar-refractivity contribution in [2.45, 2.75) is 20.8 Å². The van der Waals surface area contributed by atoms with Crippen molar-refractivity contribution in [2.75, 3.05) is 20.2 Å². The summed E-state index contributed by atoms with van der Waals surface area (Å²) in [6.07, 6.45) is 0. The Hall–Kier alpha value is -1.51. The average molecular weight is 247 g/mol. The monoisotopic (exact) mass is 247 g/mol. The Morgan fingerprint density at radius 3 is 2.61 bits per heavy atom. The molecule has 2 rings (SSSR count). The van der Waals surface area contributed by atoms with E-state index in [4.69, 9.17) is 4.74 Å². The van der Waals surface area contributed by atoms with E-state index in [1.165, 1.54) is 0 Å². The molecule has 1 aliphatic rings. The standard InChI is InChI=1S/C15H21NO2/c1-10(2)13-8-16(9-13)15(17)12-6-5-11(3)14(7-12)18-4/h5-7,10,13H,8-9H2,1-4H3. The van der Waals surface area contributed by atoms with E-state index in [0.717, 1.165) is 30.0 Å². The van der Waals surface area contributed by atoms with Gasteiger partial charge in [0.1, 0.15) is 5.75 Å². The molecule has 1 aliphatic heterocycles. The highest BCUT2D eigenvalue weighted by atomic mass is 16.5. The number of hydrogen-bond donors (Lipinski definition) is 0. The number of likely N-dealkylation sites (tertiary alicyclic amines) is 1. The topological polar surface area (TPSA) is 29.5 Å². The van der Waals surface area contributed by atoms with Gasteiger partial charge in [0, 0.05) is 18.7 Å². The van der Waals surface area contributed by atoms with Crippen molar-refractivity contribution in [2.24, 2.45) is 11.8 Å². The number of nitrogens with zero attached hydrogens (tertiary/aromatic N) is 1. The van der Waals surface area contributed by atoms with Gasteiger partial charge < -0.3 is 9.64 Å². The van der Waals surface area contributed by atoms with Crippen LogP contribution in [0, 0.1) is 18.8 Å². The minimum absolute atomic E-state index is 0.116. The second-order valence-corrected chi connectivity index (χ2v) is 5.40. The SMILES string of the molecule is COc1cc(C(=O)N2CC(C(C)C)C2)ccc1C.